The highest BCUT2D eigenvalue weighted by Crippen LogP contribution is 2.57. The summed E-state index contributed by atoms with van der Waals surface area (Å²) in [6, 6.07) is 16.3. The van der Waals surface area contributed by atoms with Gasteiger partial charge in [0.15, 0.2) is 0 Å². The van der Waals surface area contributed by atoms with Crippen LogP contribution in [-0.4, -0.2) is 17.9 Å². The molecule has 2 aromatic carbocycles. The van der Waals surface area contributed by atoms with Gasteiger partial charge in [-0.2, -0.15) is 5.10 Å². The van der Waals surface area contributed by atoms with Gasteiger partial charge < -0.3 is 4.79 Å². The maximum absolute atomic E-state index is 12.9. The molecule has 3 aliphatic rings. The van der Waals surface area contributed by atoms with Gasteiger partial charge >= 0.3 is 0 Å². The predicted molar refractivity (Wildman–Crippen MR) is 96.5 cm³/mol. The zero-order chi connectivity index (χ0) is 17.6. The van der Waals surface area contributed by atoms with Crippen molar-refractivity contribution in [2.75, 3.05) is 0 Å². The van der Waals surface area contributed by atoms with E-state index in [1.807, 2.05) is 38.1 Å². The maximum atomic E-state index is 12.9. The van der Waals surface area contributed by atoms with Crippen molar-refractivity contribution in [1.82, 2.24) is 5.43 Å². The lowest BCUT2D eigenvalue weighted by atomic mass is 9.54. The van der Waals surface area contributed by atoms with Crippen LogP contribution in [0.3, 0.4) is 0 Å². The van der Waals surface area contributed by atoms with Crippen molar-refractivity contribution < 1.29 is 9.59 Å². The highest BCUT2D eigenvalue weighted by molar-refractivity contribution is 5.88. The van der Waals surface area contributed by atoms with Gasteiger partial charge in [0, 0.05) is 23.5 Å². The zero-order valence-electron chi connectivity index (χ0n) is 14.3. The first-order chi connectivity index (χ1) is 12.1. The smallest absolute Gasteiger partial charge is 0.244 e. The Balaban J connectivity index is 1.89. The SMILES string of the molecule is CC(C)=NNC(=O)[C@@H]1C2c3ccccc3C(c3ccccc32)[C@@H]1C=O. The highest BCUT2D eigenvalue weighted by Gasteiger charge is 2.52. The fraction of sp³-hybridized carbons (Fsp3) is 0.286. The Morgan fingerprint density at radius 2 is 1.40 bits per heavy atom. The number of nitrogens with one attached hydrogen (secondary N) is 1. The molecule has 0 saturated carbocycles. The molecule has 0 saturated heterocycles. The van der Waals surface area contributed by atoms with E-state index in [2.05, 4.69) is 34.8 Å². The van der Waals surface area contributed by atoms with Crippen molar-refractivity contribution in [2.45, 2.75) is 25.7 Å². The molecule has 4 nitrogen and oxygen atoms in total. The van der Waals surface area contributed by atoms with E-state index in [9.17, 15) is 9.59 Å². The molecule has 25 heavy (non-hydrogen) atoms. The van der Waals surface area contributed by atoms with Crippen molar-refractivity contribution >= 4 is 17.9 Å². The third-order valence-electron chi connectivity index (χ3n) is 5.34. The fourth-order valence-corrected chi connectivity index (χ4v) is 4.45. The van der Waals surface area contributed by atoms with Crippen molar-refractivity contribution in [3.8, 4) is 0 Å². The highest BCUT2D eigenvalue weighted by atomic mass is 16.2. The lowest BCUT2D eigenvalue weighted by Gasteiger charge is -2.48. The molecule has 2 aromatic rings. The van der Waals surface area contributed by atoms with Crippen LogP contribution in [-0.2, 0) is 9.59 Å². The number of amides is 1. The van der Waals surface area contributed by atoms with E-state index >= 15 is 0 Å². The number of hydrogen-bond acceptors (Lipinski definition) is 3. The molecule has 0 unspecified atom stereocenters. The Hall–Kier alpha value is -2.75. The molecule has 2 bridgehead atoms. The van der Waals surface area contributed by atoms with Gasteiger partial charge in [0.1, 0.15) is 6.29 Å². The number of hydrazone groups is 1. The van der Waals surface area contributed by atoms with Gasteiger partial charge in [-0.1, -0.05) is 48.5 Å². The van der Waals surface area contributed by atoms with Crippen LogP contribution in [0.2, 0.25) is 0 Å². The number of aldehydes is 1. The van der Waals surface area contributed by atoms with Crippen LogP contribution in [0.5, 0.6) is 0 Å². The number of carbonyl (C=O) groups is 2. The van der Waals surface area contributed by atoms with E-state index in [-0.39, 0.29) is 23.7 Å². The number of rotatable bonds is 3. The molecule has 1 amide bonds. The first-order valence-corrected chi connectivity index (χ1v) is 8.57. The van der Waals surface area contributed by atoms with Crippen LogP contribution in [0.1, 0.15) is 47.9 Å². The summed E-state index contributed by atoms with van der Waals surface area (Å²) in [7, 11) is 0. The Morgan fingerprint density at radius 3 is 1.84 bits per heavy atom. The third-order valence-corrected chi connectivity index (χ3v) is 5.34. The van der Waals surface area contributed by atoms with Crippen molar-refractivity contribution in [3.63, 3.8) is 0 Å². The molecule has 126 valence electrons. The maximum Gasteiger partial charge on any atom is 0.244 e. The van der Waals surface area contributed by atoms with E-state index < -0.39 is 5.92 Å². The summed E-state index contributed by atoms with van der Waals surface area (Å²) in [4.78, 5) is 24.9. The predicted octanol–water partition coefficient (Wildman–Crippen LogP) is 3.22. The van der Waals surface area contributed by atoms with Gasteiger partial charge in [0.05, 0.1) is 5.92 Å². The van der Waals surface area contributed by atoms with Crippen molar-refractivity contribution in [2.24, 2.45) is 16.9 Å². The van der Waals surface area contributed by atoms with E-state index in [1.165, 1.54) is 11.1 Å². The Labute approximate surface area is 146 Å². The lowest BCUT2D eigenvalue weighted by molar-refractivity contribution is -0.131. The second-order valence-electron chi connectivity index (χ2n) is 6.99. The lowest BCUT2D eigenvalue weighted by Crippen LogP contribution is -2.47. The second kappa shape index (κ2) is 5.96. The quantitative estimate of drug-likeness (QED) is 0.533. The van der Waals surface area contributed by atoms with Gasteiger partial charge in [0.2, 0.25) is 5.91 Å². The van der Waals surface area contributed by atoms with Crippen LogP contribution in [0, 0.1) is 11.8 Å². The molecular weight excluding hydrogens is 312 g/mol. The molecule has 0 heterocycles. The first-order valence-electron chi connectivity index (χ1n) is 8.57. The Bertz CT molecular complexity index is 835. The summed E-state index contributed by atoms with van der Waals surface area (Å²) >= 11 is 0. The Morgan fingerprint density at radius 1 is 0.920 bits per heavy atom. The monoisotopic (exact) mass is 332 g/mol. The molecule has 0 aromatic heterocycles. The summed E-state index contributed by atoms with van der Waals surface area (Å²) in [5.41, 5.74) is 8.08. The van der Waals surface area contributed by atoms with E-state index in [4.69, 9.17) is 0 Å². The van der Waals surface area contributed by atoms with Crippen LogP contribution in [0.15, 0.2) is 53.6 Å². The van der Waals surface area contributed by atoms with Gasteiger partial charge in [-0.15, -0.1) is 0 Å². The molecule has 2 atom stereocenters. The van der Waals surface area contributed by atoms with Gasteiger partial charge in [0.25, 0.3) is 0 Å². The van der Waals surface area contributed by atoms with Crippen LogP contribution < -0.4 is 5.43 Å². The molecule has 0 radical (unpaired) electrons. The molecule has 3 aliphatic carbocycles. The minimum Gasteiger partial charge on any atom is -0.303 e. The minimum absolute atomic E-state index is 0.0719. The standard InChI is InChI=1S/C21H20N2O2/c1-12(2)22-23-21(25)20-17(11-24)18-13-7-3-5-9-15(13)19(20)16-10-6-4-8-14(16)18/h3-11,17-20H,1-2H3,(H,23,25)/t17-,18?,19?,20-/m0/s1. The van der Waals surface area contributed by atoms with Crippen LogP contribution >= 0.6 is 0 Å². The number of benzene rings is 2. The normalized spacial score (nSPS) is 25.5. The van der Waals surface area contributed by atoms with E-state index in [0.29, 0.717) is 0 Å². The summed E-state index contributed by atoms with van der Waals surface area (Å²) in [6.45, 7) is 3.66. The number of nitrogens with zero attached hydrogens (tertiary/aromatic N) is 1. The molecule has 4 heteroatoms. The second-order valence-corrected chi connectivity index (χ2v) is 6.99. The first kappa shape index (κ1) is 15.8. The average molecular weight is 332 g/mol. The molecule has 5 rings (SSSR count). The molecule has 0 aliphatic heterocycles. The topological polar surface area (TPSA) is 58.5 Å². The summed E-state index contributed by atoms with van der Waals surface area (Å²) in [6.07, 6.45) is 0.955. The molecule has 0 fully saturated rings. The number of fused-ring (bicyclic) bond motifs is 1. The van der Waals surface area contributed by atoms with Gasteiger partial charge in [-0.25, -0.2) is 5.43 Å². The summed E-state index contributed by atoms with van der Waals surface area (Å²) < 4.78 is 0. The molecular formula is C21H20N2O2. The van der Waals surface area contributed by atoms with E-state index in [0.717, 1.165) is 23.1 Å². The average Bonchev–Trinajstić information content (AvgIpc) is 2.65. The largest absolute Gasteiger partial charge is 0.303 e. The molecule has 0 spiro atoms. The number of carbonyl (C=O) groups excluding carboxylic acids is 2. The minimum atomic E-state index is -0.435. The van der Waals surface area contributed by atoms with Gasteiger partial charge in [-0.05, 0) is 36.1 Å². The van der Waals surface area contributed by atoms with Crippen molar-refractivity contribution in [3.05, 3.63) is 70.8 Å². The van der Waals surface area contributed by atoms with Crippen LogP contribution in [0.25, 0.3) is 0 Å². The third kappa shape index (κ3) is 2.32. The number of hydrogen-bond donors (Lipinski definition) is 1. The van der Waals surface area contributed by atoms with Gasteiger partial charge in [-0.3, -0.25) is 4.79 Å². The van der Waals surface area contributed by atoms with E-state index in [1.54, 1.807) is 0 Å². The summed E-state index contributed by atoms with van der Waals surface area (Å²) in [5.74, 6) is -1.17. The van der Waals surface area contributed by atoms with Crippen molar-refractivity contribution in [1.29, 1.82) is 0 Å². The fourth-order valence-electron chi connectivity index (χ4n) is 4.45. The zero-order valence-corrected chi connectivity index (χ0v) is 14.3. The Kier molecular flexibility index (Phi) is 3.75. The summed E-state index contributed by atoms with van der Waals surface area (Å²) in [5, 5.41) is 4.07. The molecule has 1 N–H and O–H groups in total. The van der Waals surface area contributed by atoms with Crippen LogP contribution in [0.4, 0.5) is 0 Å².